The second kappa shape index (κ2) is 15.1. The van der Waals surface area contributed by atoms with Crippen LogP contribution in [0.15, 0.2) is 0 Å². The van der Waals surface area contributed by atoms with E-state index in [1.54, 1.807) is 0 Å². The molecule has 0 saturated carbocycles. The summed E-state index contributed by atoms with van der Waals surface area (Å²) in [4.78, 5) is 13.0. The summed E-state index contributed by atoms with van der Waals surface area (Å²) in [6.07, 6.45) is 10.1. The van der Waals surface area contributed by atoms with Crippen LogP contribution in [-0.4, -0.2) is 55.2 Å². The van der Waals surface area contributed by atoms with Gasteiger partial charge in [-0.25, -0.2) is 0 Å². The zero-order valence-corrected chi connectivity index (χ0v) is 19.7. The number of ether oxygens (including phenoxy) is 1. The fourth-order valence-corrected chi connectivity index (χ4v) is 4.27. The highest BCUT2D eigenvalue weighted by Crippen LogP contribution is 2.47. The summed E-state index contributed by atoms with van der Waals surface area (Å²) < 4.78 is 5.25. The molecule has 0 saturated heterocycles. The molecule has 0 rings (SSSR count). The molecule has 6 N–H and O–H groups in total. The lowest BCUT2D eigenvalue weighted by atomic mass is 9.67. The van der Waals surface area contributed by atoms with Crippen LogP contribution < -0.4 is 0 Å². The molecular weight excluding hydrogens is 404 g/mol. The first kappa shape index (κ1) is 30.2. The monoisotopic (exact) mass is 450 g/mol. The first-order valence-corrected chi connectivity index (χ1v) is 12.0. The van der Waals surface area contributed by atoms with Gasteiger partial charge < -0.3 is 35.4 Å². The Kier molecular flexibility index (Phi) is 14.8. The Labute approximate surface area is 187 Å². The van der Waals surface area contributed by atoms with Crippen molar-refractivity contribution in [3.05, 3.63) is 0 Å². The van der Waals surface area contributed by atoms with E-state index in [-0.39, 0.29) is 19.4 Å². The highest BCUT2D eigenvalue weighted by molar-refractivity contribution is 5.78. The minimum absolute atomic E-state index is 0.00309. The third-order valence-corrected chi connectivity index (χ3v) is 6.09. The summed E-state index contributed by atoms with van der Waals surface area (Å²) in [5.41, 5.74) is -2.51. The number of hydrogen-bond donors (Lipinski definition) is 6. The van der Waals surface area contributed by atoms with Crippen LogP contribution in [0, 0.1) is 11.3 Å². The molecule has 2 atom stereocenters. The average molecular weight is 451 g/mol. The number of rotatable bonds is 19. The van der Waals surface area contributed by atoms with Crippen molar-refractivity contribution in [2.24, 2.45) is 11.3 Å². The van der Waals surface area contributed by atoms with Crippen LogP contribution in [0.3, 0.4) is 0 Å². The molecule has 0 fully saturated rings. The van der Waals surface area contributed by atoms with Gasteiger partial charge in [0.15, 0.2) is 5.41 Å². The van der Waals surface area contributed by atoms with Gasteiger partial charge in [0.1, 0.15) is 0 Å². The fraction of sp³-hybridized carbons (Fsp3) is 0.957. The molecule has 8 nitrogen and oxygen atoms in total. The number of esters is 1. The largest absolute Gasteiger partial charge is 0.465 e. The van der Waals surface area contributed by atoms with Crippen molar-refractivity contribution in [1.29, 1.82) is 0 Å². The lowest BCUT2D eigenvalue weighted by Crippen LogP contribution is -2.63. The van der Waals surface area contributed by atoms with Crippen molar-refractivity contribution in [3.8, 4) is 0 Å². The SMILES string of the molecule is CCCCCCCCCC(C(=O)OCCCCCCC)(C(CC)C(O)(O)O)C(O)(O)O. The van der Waals surface area contributed by atoms with E-state index < -0.39 is 29.2 Å². The number of carbonyl (C=O) groups excluding carboxylic acids is 1. The van der Waals surface area contributed by atoms with Crippen molar-refractivity contribution in [1.82, 2.24) is 0 Å². The summed E-state index contributed by atoms with van der Waals surface area (Å²) in [7, 11) is 0. The van der Waals surface area contributed by atoms with Crippen LogP contribution in [0.1, 0.15) is 111 Å². The summed E-state index contributed by atoms with van der Waals surface area (Å²) >= 11 is 0. The van der Waals surface area contributed by atoms with E-state index in [1.165, 1.54) is 6.92 Å². The van der Waals surface area contributed by atoms with Crippen molar-refractivity contribution in [3.63, 3.8) is 0 Å². The lowest BCUT2D eigenvalue weighted by Gasteiger charge is -2.45. The Morgan fingerprint density at radius 3 is 1.58 bits per heavy atom. The second-order valence-corrected chi connectivity index (χ2v) is 8.68. The van der Waals surface area contributed by atoms with Gasteiger partial charge in [-0.3, -0.25) is 4.79 Å². The Balaban J connectivity index is 5.40. The Morgan fingerprint density at radius 1 is 0.710 bits per heavy atom. The lowest BCUT2D eigenvalue weighted by molar-refractivity contribution is -0.427. The third kappa shape index (κ3) is 10.1. The Hall–Kier alpha value is -0.770. The number of unbranched alkanes of at least 4 members (excludes halogenated alkanes) is 10. The fourth-order valence-electron chi connectivity index (χ4n) is 4.27. The van der Waals surface area contributed by atoms with E-state index >= 15 is 0 Å². The molecule has 31 heavy (non-hydrogen) atoms. The van der Waals surface area contributed by atoms with E-state index in [0.29, 0.717) is 19.3 Å². The smallest absolute Gasteiger partial charge is 0.320 e. The Morgan fingerprint density at radius 2 is 1.16 bits per heavy atom. The molecule has 0 bridgehead atoms. The average Bonchev–Trinajstić information content (AvgIpc) is 2.66. The van der Waals surface area contributed by atoms with E-state index in [0.717, 1.165) is 57.8 Å². The van der Waals surface area contributed by atoms with Gasteiger partial charge in [0.2, 0.25) is 0 Å². The van der Waals surface area contributed by atoms with E-state index in [1.807, 2.05) is 0 Å². The normalized spacial score (nSPS) is 15.5. The van der Waals surface area contributed by atoms with Gasteiger partial charge in [-0.1, -0.05) is 91.4 Å². The summed E-state index contributed by atoms with van der Waals surface area (Å²) in [5, 5.41) is 60.1. The molecule has 0 aliphatic heterocycles. The summed E-state index contributed by atoms with van der Waals surface area (Å²) in [6, 6.07) is 0. The molecule has 0 aliphatic carbocycles. The van der Waals surface area contributed by atoms with Crippen LogP contribution in [0.2, 0.25) is 0 Å². The maximum absolute atomic E-state index is 13.0. The summed E-state index contributed by atoms with van der Waals surface area (Å²) in [5.74, 6) is -9.94. The van der Waals surface area contributed by atoms with E-state index in [4.69, 9.17) is 4.74 Å². The molecule has 8 heteroatoms. The summed E-state index contributed by atoms with van der Waals surface area (Å²) in [6.45, 7) is 5.65. The van der Waals surface area contributed by atoms with Gasteiger partial charge in [-0.05, 0) is 19.3 Å². The van der Waals surface area contributed by atoms with E-state index in [2.05, 4.69) is 13.8 Å². The molecule has 2 unspecified atom stereocenters. The predicted octanol–water partition coefficient (Wildman–Crippen LogP) is 2.91. The first-order chi connectivity index (χ1) is 14.5. The molecule has 0 radical (unpaired) electrons. The van der Waals surface area contributed by atoms with Gasteiger partial charge in [-0.2, -0.15) is 0 Å². The molecule has 0 aromatic heterocycles. The van der Waals surface area contributed by atoms with Crippen molar-refractivity contribution in [2.45, 2.75) is 123 Å². The zero-order valence-electron chi connectivity index (χ0n) is 19.7. The molecule has 0 heterocycles. The standard InChI is InChI=1S/C23H46O8/c1-4-7-9-11-12-13-15-17-21(23(28,29)30,19(6-3)22(25,26)27)20(24)31-18-16-14-10-8-5-2/h19,25-30H,4-18H2,1-3H3. The van der Waals surface area contributed by atoms with Crippen molar-refractivity contribution >= 4 is 5.97 Å². The van der Waals surface area contributed by atoms with Crippen LogP contribution in [0.5, 0.6) is 0 Å². The van der Waals surface area contributed by atoms with Gasteiger partial charge in [0, 0.05) is 0 Å². The molecule has 0 amide bonds. The molecule has 186 valence electrons. The number of carbonyl (C=O) groups is 1. The maximum atomic E-state index is 13.0. The predicted molar refractivity (Wildman–Crippen MR) is 117 cm³/mol. The minimum Gasteiger partial charge on any atom is -0.465 e. The van der Waals surface area contributed by atoms with Gasteiger partial charge in [0.05, 0.1) is 12.5 Å². The maximum Gasteiger partial charge on any atom is 0.320 e. The molecule has 0 aromatic carbocycles. The first-order valence-electron chi connectivity index (χ1n) is 12.0. The number of hydrogen-bond acceptors (Lipinski definition) is 8. The van der Waals surface area contributed by atoms with Crippen molar-refractivity contribution < 1.29 is 40.2 Å². The topological polar surface area (TPSA) is 148 Å². The molecule has 0 aromatic rings. The van der Waals surface area contributed by atoms with Gasteiger partial charge >= 0.3 is 5.97 Å². The van der Waals surface area contributed by atoms with Crippen LogP contribution >= 0.6 is 0 Å². The van der Waals surface area contributed by atoms with Crippen LogP contribution in [0.4, 0.5) is 0 Å². The Bertz CT molecular complexity index is 469. The van der Waals surface area contributed by atoms with Gasteiger partial charge in [0.25, 0.3) is 11.9 Å². The third-order valence-electron chi connectivity index (χ3n) is 6.09. The van der Waals surface area contributed by atoms with E-state index in [9.17, 15) is 35.4 Å². The quantitative estimate of drug-likeness (QED) is 0.1000. The molecule has 0 spiro atoms. The minimum atomic E-state index is -3.60. The second-order valence-electron chi connectivity index (χ2n) is 8.68. The zero-order chi connectivity index (χ0) is 24.0. The highest BCUT2D eigenvalue weighted by atomic mass is 16.7. The van der Waals surface area contributed by atoms with Gasteiger partial charge in [-0.15, -0.1) is 0 Å². The van der Waals surface area contributed by atoms with Crippen LogP contribution in [0.25, 0.3) is 0 Å². The molecular formula is C23H46O8. The molecule has 0 aliphatic rings. The van der Waals surface area contributed by atoms with Crippen LogP contribution in [-0.2, 0) is 9.53 Å². The van der Waals surface area contributed by atoms with Crippen molar-refractivity contribution in [2.75, 3.05) is 6.61 Å². The number of aliphatic hydroxyl groups is 6. The highest BCUT2D eigenvalue weighted by Gasteiger charge is 2.65.